The van der Waals surface area contributed by atoms with Crippen molar-refractivity contribution in [1.82, 2.24) is 4.98 Å². The van der Waals surface area contributed by atoms with Gasteiger partial charge in [-0.3, -0.25) is 4.79 Å². The van der Waals surface area contributed by atoms with E-state index < -0.39 is 5.41 Å². The summed E-state index contributed by atoms with van der Waals surface area (Å²) in [6.45, 7) is 2.03. The van der Waals surface area contributed by atoms with Crippen LogP contribution in [0, 0.1) is 12.3 Å². The van der Waals surface area contributed by atoms with Crippen LogP contribution in [-0.2, 0) is 4.79 Å². The van der Waals surface area contributed by atoms with Gasteiger partial charge in [-0.05, 0) is 37.5 Å². The fourth-order valence-electron chi connectivity index (χ4n) is 2.01. The zero-order chi connectivity index (χ0) is 13.6. The molecule has 1 fully saturated rings. The summed E-state index contributed by atoms with van der Waals surface area (Å²) in [6.07, 6.45) is 1.47. The molecule has 4 nitrogen and oxygen atoms in total. The highest BCUT2D eigenvalue weighted by atomic mass is 32.1. The number of hydrogen-bond acceptors (Lipinski definition) is 4. The van der Waals surface area contributed by atoms with Crippen molar-refractivity contribution in [2.45, 2.75) is 19.8 Å². The molecule has 1 amide bonds. The fraction of sp³-hybridized carbons (Fsp3) is 0.308. The molecule has 1 heterocycles. The molecule has 1 aromatic heterocycles. The molecule has 98 valence electrons. The molecule has 6 heteroatoms. The van der Waals surface area contributed by atoms with E-state index in [1.54, 1.807) is 0 Å². The lowest BCUT2D eigenvalue weighted by Gasteiger charge is -2.11. The lowest BCUT2D eigenvalue weighted by molar-refractivity contribution is -0.118. The van der Waals surface area contributed by atoms with Gasteiger partial charge in [0.05, 0.1) is 20.6 Å². The zero-order valence-electron chi connectivity index (χ0n) is 10.4. The normalized spacial score (nSPS) is 16.3. The number of anilines is 1. The fourth-order valence-corrected chi connectivity index (χ4v) is 3.27. The van der Waals surface area contributed by atoms with Gasteiger partial charge in [-0.1, -0.05) is 29.6 Å². The Hall–Kier alpha value is -1.53. The Morgan fingerprint density at radius 1 is 1.53 bits per heavy atom. The second-order valence-corrected chi connectivity index (χ2v) is 6.36. The van der Waals surface area contributed by atoms with Crippen molar-refractivity contribution < 1.29 is 4.79 Å². The van der Waals surface area contributed by atoms with E-state index in [1.165, 1.54) is 16.9 Å². The highest BCUT2D eigenvalue weighted by Crippen LogP contribution is 2.47. The Kier molecular flexibility index (Phi) is 2.79. The Morgan fingerprint density at radius 2 is 2.26 bits per heavy atom. The summed E-state index contributed by atoms with van der Waals surface area (Å²) in [5.41, 5.74) is 7.07. The van der Waals surface area contributed by atoms with E-state index >= 15 is 0 Å². The summed E-state index contributed by atoms with van der Waals surface area (Å²) >= 11 is 6.44. The van der Waals surface area contributed by atoms with Crippen LogP contribution in [0.2, 0.25) is 0 Å². The van der Waals surface area contributed by atoms with Gasteiger partial charge in [0.2, 0.25) is 5.91 Å². The van der Waals surface area contributed by atoms with E-state index in [0.717, 1.165) is 23.1 Å². The van der Waals surface area contributed by atoms with E-state index in [1.807, 2.05) is 19.1 Å². The van der Waals surface area contributed by atoms with Crippen molar-refractivity contribution in [2.24, 2.45) is 11.1 Å². The molecule has 2 aromatic rings. The van der Waals surface area contributed by atoms with Crippen molar-refractivity contribution >= 4 is 49.8 Å². The smallest absolute Gasteiger partial charge is 0.239 e. The van der Waals surface area contributed by atoms with Crippen LogP contribution < -0.4 is 11.1 Å². The Balaban J connectivity index is 1.86. The number of hydrogen-bond donors (Lipinski definition) is 2. The minimum atomic E-state index is -0.636. The predicted octanol–water partition coefficient (Wildman–Crippen LogP) is 2.61. The molecule has 1 saturated carbocycles. The molecule has 0 spiro atoms. The quantitative estimate of drug-likeness (QED) is 0.853. The molecule has 0 unspecified atom stereocenters. The average Bonchev–Trinajstić information content (AvgIpc) is 3.07. The van der Waals surface area contributed by atoms with Crippen LogP contribution in [0.25, 0.3) is 10.2 Å². The summed E-state index contributed by atoms with van der Waals surface area (Å²) in [5.74, 6) is -0.129. The molecular formula is C13H13N3OS2. The van der Waals surface area contributed by atoms with Crippen molar-refractivity contribution in [3.63, 3.8) is 0 Å². The molecular weight excluding hydrogens is 278 g/mol. The number of benzene rings is 1. The number of aryl methyl sites for hydroxylation is 1. The van der Waals surface area contributed by atoms with Crippen LogP contribution in [0.5, 0.6) is 0 Å². The topological polar surface area (TPSA) is 68.0 Å². The van der Waals surface area contributed by atoms with Crippen molar-refractivity contribution in [3.05, 3.63) is 23.8 Å². The predicted molar refractivity (Wildman–Crippen MR) is 81.4 cm³/mol. The molecule has 1 aliphatic carbocycles. The number of rotatable bonds is 3. The van der Waals surface area contributed by atoms with Crippen molar-refractivity contribution in [2.75, 3.05) is 5.32 Å². The van der Waals surface area contributed by atoms with E-state index in [9.17, 15) is 4.79 Å². The first-order chi connectivity index (χ1) is 9.01. The van der Waals surface area contributed by atoms with E-state index in [4.69, 9.17) is 18.0 Å². The van der Waals surface area contributed by atoms with Crippen LogP contribution in [0.1, 0.15) is 18.4 Å². The van der Waals surface area contributed by atoms with Crippen LogP contribution in [0.4, 0.5) is 5.13 Å². The molecule has 0 radical (unpaired) electrons. The third-order valence-corrected chi connectivity index (χ3v) is 4.75. The van der Waals surface area contributed by atoms with Gasteiger partial charge >= 0.3 is 0 Å². The number of nitrogens with one attached hydrogen (secondary N) is 1. The number of carbonyl (C=O) groups excluding carboxylic acids is 1. The number of nitrogens with zero attached hydrogens (tertiary/aromatic N) is 1. The summed E-state index contributed by atoms with van der Waals surface area (Å²) in [4.78, 5) is 16.8. The van der Waals surface area contributed by atoms with Crippen LogP contribution in [-0.4, -0.2) is 15.9 Å². The molecule has 19 heavy (non-hydrogen) atoms. The minimum Gasteiger partial charge on any atom is -0.392 e. The summed E-state index contributed by atoms with van der Waals surface area (Å²) in [7, 11) is 0. The summed E-state index contributed by atoms with van der Waals surface area (Å²) < 4.78 is 1.07. The highest BCUT2D eigenvalue weighted by molar-refractivity contribution is 7.80. The van der Waals surface area contributed by atoms with Crippen LogP contribution in [0.15, 0.2) is 18.2 Å². The van der Waals surface area contributed by atoms with Crippen LogP contribution >= 0.6 is 23.6 Å². The van der Waals surface area contributed by atoms with Gasteiger partial charge in [0.25, 0.3) is 0 Å². The molecule has 1 aromatic carbocycles. The number of carbonyl (C=O) groups is 1. The zero-order valence-corrected chi connectivity index (χ0v) is 12.0. The van der Waals surface area contributed by atoms with Crippen LogP contribution in [0.3, 0.4) is 0 Å². The number of nitrogens with two attached hydrogens (primary N) is 1. The number of thiocarbonyl (C=S) groups is 1. The van der Waals surface area contributed by atoms with Gasteiger partial charge < -0.3 is 11.1 Å². The van der Waals surface area contributed by atoms with Gasteiger partial charge in [-0.15, -0.1) is 0 Å². The Morgan fingerprint density at radius 3 is 2.89 bits per heavy atom. The molecule has 0 aliphatic heterocycles. The molecule has 0 saturated heterocycles. The van der Waals surface area contributed by atoms with Crippen molar-refractivity contribution in [3.8, 4) is 0 Å². The first-order valence-corrected chi connectivity index (χ1v) is 7.22. The van der Waals surface area contributed by atoms with E-state index in [0.29, 0.717) is 5.13 Å². The minimum absolute atomic E-state index is 0.129. The van der Waals surface area contributed by atoms with Crippen molar-refractivity contribution in [1.29, 1.82) is 0 Å². The largest absolute Gasteiger partial charge is 0.392 e. The SMILES string of the molecule is Cc1ccc2nc(NC(=O)C3(C(N)=S)CC3)sc2c1. The monoisotopic (exact) mass is 291 g/mol. The number of aromatic nitrogens is 1. The first kappa shape index (κ1) is 12.5. The lowest BCUT2D eigenvalue weighted by Crippen LogP contribution is -2.34. The number of fused-ring (bicyclic) bond motifs is 1. The Labute approximate surface area is 120 Å². The molecule has 0 bridgehead atoms. The van der Waals surface area contributed by atoms with Gasteiger partial charge in [0.1, 0.15) is 0 Å². The Bertz CT molecular complexity index is 688. The maximum absolute atomic E-state index is 12.2. The summed E-state index contributed by atoms with van der Waals surface area (Å²) in [6, 6.07) is 6.02. The van der Waals surface area contributed by atoms with Gasteiger partial charge in [-0.25, -0.2) is 4.98 Å². The highest BCUT2D eigenvalue weighted by Gasteiger charge is 2.52. The standard InChI is InChI=1S/C13H13N3OS2/c1-7-2-3-8-9(6-7)19-12(15-8)16-11(17)13(4-5-13)10(14)18/h2-3,6H,4-5H2,1H3,(H2,14,18)(H,15,16,17). The summed E-state index contributed by atoms with van der Waals surface area (Å²) in [5, 5.41) is 3.44. The average molecular weight is 291 g/mol. The molecule has 3 N–H and O–H groups in total. The third-order valence-electron chi connectivity index (χ3n) is 3.42. The third kappa shape index (κ3) is 2.11. The number of amides is 1. The lowest BCUT2D eigenvalue weighted by atomic mass is 10.1. The number of thiazole rings is 1. The first-order valence-electron chi connectivity index (χ1n) is 6.00. The second-order valence-electron chi connectivity index (χ2n) is 4.89. The van der Waals surface area contributed by atoms with E-state index in [-0.39, 0.29) is 10.9 Å². The maximum atomic E-state index is 12.2. The molecule has 0 atom stereocenters. The van der Waals surface area contributed by atoms with Gasteiger partial charge in [0.15, 0.2) is 5.13 Å². The van der Waals surface area contributed by atoms with E-state index in [2.05, 4.69) is 16.4 Å². The molecule has 3 rings (SSSR count). The van der Waals surface area contributed by atoms with Gasteiger partial charge in [-0.2, -0.15) is 0 Å². The maximum Gasteiger partial charge on any atom is 0.239 e. The van der Waals surface area contributed by atoms with Gasteiger partial charge in [0, 0.05) is 0 Å². The second kappa shape index (κ2) is 4.25. The molecule has 1 aliphatic rings.